The molecule has 1 aromatic carbocycles. The van der Waals surface area contributed by atoms with Crippen LogP contribution in [0.15, 0.2) is 36.4 Å². The Kier molecular flexibility index (Phi) is 5.42. The number of hydrogen-bond acceptors (Lipinski definition) is 7. The van der Waals surface area contributed by atoms with Gasteiger partial charge in [-0.05, 0) is 25.1 Å². The molecule has 0 unspecified atom stereocenters. The maximum absolute atomic E-state index is 11.2. The van der Waals surface area contributed by atoms with Crippen LogP contribution in [0, 0.1) is 17.0 Å². The minimum atomic E-state index is -0.451. The predicted molar refractivity (Wildman–Crippen MR) is 94.2 cm³/mol. The van der Waals surface area contributed by atoms with Crippen LogP contribution >= 0.6 is 0 Å². The van der Waals surface area contributed by atoms with Gasteiger partial charge in [0, 0.05) is 24.7 Å². The van der Waals surface area contributed by atoms with Crippen molar-refractivity contribution in [1.82, 2.24) is 4.98 Å². The lowest BCUT2D eigenvalue weighted by Gasteiger charge is -2.12. The number of rotatable bonds is 7. The molecule has 132 valence electrons. The van der Waals surface area contributed by atoms with E-state index in [1.807, 2.05) is 31.2 Å². The number of nitrogens with zero attached hydrogens (tertiary/aromatic N) is 2. The van der Waals surface area contributed by atoms with Crippen LogP contribution in [0.4, 0.5) is 23.0 Å². The molecule has 1 aliphatic heterocycles. The number of ether oxygens (including phenoxy) is 2. The van der Waals surface area contributed by atoms with Crippen molar-refractivity contribution in [1.29, 1.82) is 0 Å². The lowest BCUT2D eigenvalue weighted by Crippen LogP contribution is -2.15. The minimum absolute atomic E-state index is 0.0754. The number of anilines is 3. The zero-order valence-corrected chi connectivity index (χ0v) is 13.9. The van der Waals surface area contributed by atoms with Gasteiger partial charge in [0.25, 0.3) is 0 Å². The number of nitro groups is 1. The maximum Gasteiger partial charge on any atom is 0.311 e. The van der Waals surface area contributed by atoms with Gasteiger partial charge in [0.05, 0.1) is 18.1 Å². The van der Waals surface area contributed by atoms with E-state index in [0.717, 1.165) is 11.3 Å². The van der Waals surface area contributed by atoms with Gasteiger partial charge in [-0.1, -0.05) is 17.7 Å². The third kappa shape index (κ3) is 4.65. The van der Waals surface area contributed by atoms with Crippen molar-refractivity contribution in [3.05, 3.63) is 52.1 Å². The normalized spacial score (nSPS) is 14.4. The zero-order valence-electron chi connectivity index (χ0n) is 13.9. The van der Waals surface area contributed by atoms with Gasteiger partial charge in [-0.25, -0.2) is 4.98 Å². The van der Waals surface area contributed by atoms with E-state index < -0.39 is 4.92 Å². The summed E-state index contributed by atoms with van der Waals surface area (Å²) in [4.78, 5) is 15.1. The van der Waals surface area contributed by atoms with Gasteiger partial charge < -0.3 is 20.1 Å². The van der Waals surface area contributed by atoms with Crippen molar-refractivity contribution in [2.45, 2.75) is 19.6 Å². The van der Waals surface area contributed by atoms with Gasteiger partial charge in [-0.15, -0.1) is 0 Å². The number of aryl methyl sites for hydroxylation is 1. The summed E-state index contributed by atoms with van der Waals surface area (Å²) in [5, 5.41) is 17.4. The molecule has 0 radical (unpaired) electrons. The van der Waals surface area contributed by atoms with Gasteiger partial charge >= 0.3 is 5.69 Å². The topological polar surface area (TPSA) is 98.6 Å². The van der Waals surface area contributed by atoms with E-state index in [1.54, 1.807) is 6.07 Å². The second-order valence-corrected chi connectivity index (χ2v) is 5.70. The fourth-order valence-corrected chi connectivity index (χ4v) is 2.46. The Morgan fingerprint density at radius 2 is 1.92 bits per heavy atom. The highest BCUT2D eigenvalue weighted by molar-refractivity contribution is 5.67. The molecule has 25 heavy (non-hydrogen) atoms. The lowest BCUT2D eigenvalue weighted by molar-refractivity contribution is -0.384. The number of hydrogen-bond donors (Lipinski definition) is 2. The first-order chi connectivity index (χ1) is 12.1. The van der Waals surface area contributed by atoms with Crippen LogP contribution < -0.4 is 10.6 Å². The summed E-state index contributed by atoms with van der Waals surface area (Å²) in [6, 6.07) is 10.6. The van der Waals surface area contributed by atoms with E-state index in [0.29, 0.717) is 32.0 Å². The molecule has 1 aliphatic rings. The van der Waals surface area contributed by atoms with Gasteiger partial charge in [-0.2, -0.15) is 0 Å². The number of nitrogens with one attached hydrogen (secondary N) is 2. The van der Waals surface area contributed by atoms with E-state index in [4.69, 9.17) is 9.47 Å². The molecule has 0 saturated carbocycles. The van der Waals surface area contributed by atoms with Gasteiger partial charge in [0.1, 0.15) is 5.82 Å². The summed E-state index contributed by atoms with van der Waals surface area (Å²) in [5.41, 5.74) is 1.78. The summed E-state index contributed by atoms with van der Waals surface area (Å²) in [7, 11) is 0. The van der Waals surface area contributed by atoms with E-state index in [9.17, 15) is 10.1 Å². The highest BCUT2D eigenvalue weighted by Crippen LogP contribution is 2.27. The number of pyridine rings is 1. The number of benzene rings is 1. The van der Waals surface area contributed by atoms with Crippen LogP contribution in [0.25, 0.3) is 0 Å². The van der Waals surface area contributed by atoms with Crippen LogP contribution in [0.3, 0.4) is 0 Å². The van der Waals surface area contributed by atoms with Crippen molar-refractivity contribution in [3.8, 4) is 0 Å². The molecule has 3 rings (SSSR count). The molecule has 2 heterocycles. The monoisotopic (exact) mass is 344 g/mol. The zero-order chi connectivity index (χ0) is 17.6. The molecule has 1 fully saturated rings. The molecule has 0 atom stereocenters. The van der Waals surface area contributed by atoms with Crippen molar-refractivity contribution in [2.24, 2.45) is 0 Å². The highest BCUT2D eigenvalue weighted by atomic mass is 16.7. The van der Waals surface area contributed by atoms with Gasteiger partial charge in [-0.3, -0.25) is 10.1 Å². The third-order valence-electron chi connectivity index (χ3n) is 3.76. The van der Waals surface area contributed by atoms with Gasteiger partial charge in [0.15, 0.2) is 6.29 Å². The van der Waals surface area contributed by atoms with Gasteiger partial charge in [0.2, 0.25) is 5.82 Å². The van der Waals surface area contributed by atoms with Crippen LogP contribution in [0.2, 0.25) is 0 Å². The molecule has 0 aliphatic carbocycles. The first-order valence-corrected chi connectivity index (χ1v) is 8.08. The second kappa shape index (κ2) is 7.91. The Labute approximate surface area is 145 Å². The smallest absolute Gasteiger partial charge is 0.311 e. The van der Waals surface area contributed by atoms with Crippen molar-refractivity contribution in [3.63, 3.8) is 0 Å². The lowest BCUT2D eigenvalue weighted by atomic mass is 10.2. The van der Waals surface area contributed by atoms with Crippen LogP contribution in [-0.4, -0.2) is 36.0 Å². The van der Waals surface area contributed by atoms with Crippen LogP contribution in [0.5, 0.6) is 0 Å². The Balaban J connectivity index is 1.69. The Morgan fingerprint density at radius 1 is 1.20 bits per heavy atom. The maximum atomic E-state index is 11.2. The fourth-order valence-electron chi connectivity index (χ4n) is 2.46. The summed E-state index contributed by atoms with van der Waals surface area (Å²) in [6.45, 7) is 3.81. The van der Waals surface area contributed by atoms with Crippen LogP contribution in [-0.2, 0) is 9.47 Å². The SMILES string of the molecule is Cc1ccc(Nc2nc(NCCC3OCCO3)ccc2[N+](=O)[O-])cc1. The van der Waals surface area contributed by atoms with E-state index >= 15 is 0 Å². The Bertz CT molecular complexity index is 730. The molecule has 0 spiro atoms. The van der Waals surface area contributed by atoms with E-state index in [1.165, 1.54) is 6.07 Å². The minimum Gasteiger partial charge on any atom is -0.370 e. The predicted octanol–water partition coefficient (Wildman–Crippen LogP) is 3.22. The molecular weight excluding hydrogens is 324 g/mol. The summed E-state index contributed by atoms with van der Waals surface area (Å²) < 4.78 is 10.7. The van der Waals surface area contributed by atoms with Crippen LogP contribution in [0.1, 0.15) is 12.0 Å². The molecule has 8 heteroatoms. The molecule has 0 bridgehead atoms. The largest absolute Gasteiger partial charge is 0.370 e. The Hall–Kier alpha value is -2.71. The molecule has 2 aromatic rings. The highest BCUT2D eigenvalue weighted by Gasteiger charge is 2.18. The average molecular weight is 344 g/mol. The molecule has 0 amide bonds. The summed E-state index contributed by atoms with van der Waals surface area (Å²) in [5.74, 6) is 0.755. The third-order valence-corrected chi connectivity index (χ3v) is 3.76. The first-order valence-electron chi connectivity index (χ1n) is 8.08. The van der Waals surface area contributed by atoms with Crippen molar-refractivity contribution >= 4 is 23.0 Å². The standard InChI is InChI=1S/C17H20N4O4/c1-12-2-4-13(5-3-12)19-17-14(21(22)23)6-7-15(20-17)18-9-8-16-24-10-11-25-16/h2-7,16H,8-11H2,1H3,(H2,18,19,20). The first kappa shape index (κ1) is 17.1. The molecule has 1 saturated heterocycles. The molecular formula is C17H20N4O4. The quantitative estimate of drug-likeness (QED) is 0.588. The fraction of sp³-hybridized carbons (Fsp3) is 0.353. The summed E-state index contributed by atoms with van der Waals surface area (Å²) in [6.07, 6.45) is 0.482. The van der Waals surface area contributed by atoms with E-state index in [2.05, 4.69) is 15.6 Å². The molecule has 1 aromatic heterocycles. The second-order valence-electron chi connectivity index (χ2n) is 5.70. The van der Waals surface area contributed by atoms with E-state index in [-0.39, 0.29) is 17.8 Å². The molecule has 8 nitrogen and oxygen atoms in total. The summed E-state index contributed by atoms with van der Waals surface area (Å²) >= 11 is 0. The average Bonchev–Trinajstić information content (AvgIpc) is 3.10. The van der Waals surface area contributed by atoms with Crippen molar-refractivity contribution in [2.75, 3.05) is 30.4 Å². The Morgan fingerprint density at radius 3 is 2.60 bits per heavy atom. The van der Waals surface area contributed by atoms with Crippen molar-refractivity contribution < 1.29 is 14.4 Å². The molecule has 2 N–H and O–H groups in total. The number of aromatic nitrogens is 1.